The summed E-state index contributed by atoms with van der Waals surface area (Å²) in [7, 11) is 4.12. The number of nitrogens with one attached hydrogen (secondary N) is 1. The number of nitrogens with zero attached hydrogens (tertiary/aromatic N) is 1. The fourth-order valence-electron chi connectivity index (χ4n) is 2.41. The highest BCUT2D eigenvalue weighted by atomic mass is 79.9. The van der Waals surface area contributed by atoms with Gasteiger partial charge < -0.3 is 9.88 Å². The van der Waals surface area contributed by atoms with Crippen molar-refractivity contribution in [3.8, 4) is 0 Å². The molecule has 1 heterocycles. The summed E-state index contributed by atoms with van der Waals surface area (Å²) in [5.74, 6) is 0.562. The van der Waals surface area contributed by atoms with Crippen LogP contribution in [0.2, 0.25) is 0 Å². The summed E-state index contributed by atoms with van der Waals surface area (Å²) in [4.78, 5) is 0. The van der Waals surface area contributed by atoms with E-state index in [4.69, 9.17) is 0 Å². The molecule has 0 spiro atoms. The van der Waals surface area contributed by atoms with Gasteiger partial charge in [-0.05, 0) is 53.5 Å². The molecule has 0 aliphatic heterocycles. The van der Waals surface area contributed by atoms with Crippen molar-refractivity contribution in [3.05, 3.63) is 33.9 Å². The maximum absolute atomic E-state index is 3.77. The second kappa shape index (κ2) is 5.06. The number of hydrogen-bond acceptors (Lipinski definition) is 1. The van der Waals surface area contributed by atoms with Crippen LogP contribution in [0.5, 0.6) is 0 Å². The molecular weight excluding hydrogens is 288 g/mol. The van der Waals surface area contributed by atoms with Crippen LogP contribution >= 0.6 is 15.9 Å². The number of rotatable bonds is 3. The van der Waals surface area contributed by atoms with Gasteiger partial charge in [-0.1, -0.05) is 19.9 Å². The Labute approximate surface area is 118 Å². The molecule has 1 atom stereocenters. The number of fused-ring (bicyclic) bond motifs is 1. The van der Waals surface area contributed by atoms with Crippen molar-refractivity contribution >= 4 is 26.8 Å². The average Bonchev–Trinajstić information content (AvgIpc) is 2.61. The topological polar surface area (TPSA) is 17.0 Å². The molecule has 0 aliphatic rings. The van der Waals surface area contributed by atoms with Crippen molar-refractivity contribution in [2.45, 2.75) is 32.7 Å². The van der Waals surface area contributed by atoms with E-state index in [1.807, 2.05) is 7.05 Å². The van der Waals surface area contributed by atoms with Crippen molar-refractivity contribution in [2.24, 2.45) is 7.05 Å². The lowest BCUT2D eigenvalue weighted by Crippen LogP contribution is -2.15. The summed E-state index contributed by atoms with van der Waals surface area (Å²) < 4.78 is 3.48. The van der Waals surface area contributed by atoms with Crippen molar-refractivity contribution in [2.75, 3.05) is 7.05 Å². The normalized spacial score (nSPS) is 13.5. The molecule has 1 aromatic carbocycles. The van der Waals surface area contributed by atoms with E-state index in [1.54, 1.807) is 0 Å². The first-order valence-electron chi connectivity index (χ1n) is 6.42. The van der Waals surface area contributed by atoms with Crippen LogP contribution in [0, 0.1) is 0 Å². The molecule has 98 valence electrons. The van der Waals surface area contributed by atoms with Gasteiger partial charge in [0.1, 0.15) is 0 Å². The van der Waals surface area contributed by atoms with Crippen molar-refractivity contribution in [1.82, 2.24) is 9.88 Å². The largest absolute Gasteiger partial charge is 0.345 e. The minimum atomic E-state index is 0.333. The summed E-state index contributed by atoms with van der Waals surface area (Å²) in [6.45, 7) is 6.65. The first-order chi connectivity index (χ1) is 8.47. The monoisotopic (exact) mass is 308 g/mol. The number of benzene rings is 1. The van der Waals surface area contributed by atoms with Gasteiger partial charge in [0.05, 0.1) is 0 Å². The van der Waals surface area contributed by atoms with E-state index in [9.17, 15) is 0 Å². The van der Waals surface area contributed by atoms with E-state index in [0.29, 0.717) is 12.0 Å². The third-order valence-corrected chi connectivity index (χ3v) is 4.55. The fourth-order valence-corrected chi connectivity index (χ4v) is 3.34. The number of halogens is 1. The van der Waals surface area contributed by atoms with Gasteiger partial charge in [0.15, 0.2) is 0 Å². The van der Waals surface area contributed by atoms with E-state index < -0.39 is 0 Å². The zero-order valence-electron chi connectivity index (χ0n) is 11.7. The molecule has 0 saturated heterocycles. The van der Waals surface area contributed by atoms with Crippen LogP contribution in [0.25, 0.3) is 10.9 Å². The highest BCUT2D eigenvalue weighted by molar-refractivity contribution is 9.10. The van der Waals surface area contributed by atoms with Crippen LogP contribution in [-0.2, 0) is 7.05 Å². The second-order valence-corrected chi connectivity index (χ2v) is 5.99. The van der Waals surface area contributed by atoms with Gasteiger partial charge in [0.25, 0.3) is 0 Å². The van der Waals surface area contributed by atoms with E-state index in [0.717, 1.165) is 0 Å². The molecule has 0 saturated carbocycles. The lowest BCUT2D eigenvalue weighted by molar-refractivity contribution is 0.607. The van der Waals surface area contributed by atoms with E-state index in [1.165, 1.54) is 26.6 Å². The first-order valence-corrected chi connectivity index (χ1v) is 7.21. The van der Waals surface area contributed by atoms with Gasteiger partial charge in [0.2, 0.25) is 0 Å². The van der Waals surface area contributed by atoms with Gasteiger partial charge >= 0.3 is 0 Å². The number of aryl methyl sites for hydroxylation is 1. The number of aromatic nitrogens is 1. The highest BCUT2D eigenvalue weighted by Gasteiger charge is 2.17. The highest BCUT2D eigenvalue weighted by Crippen LogP contribution is 2.35. The zero-order chi connectivity index (χ0) is 13.4. The molecule has 0 aliphatic carbocycles. The summed E-state index contributed by atoms with van der Waals surface area (Å²) in [6, 6.07) is 7.09. The second-order valence-electron chi connectivity index (χ2n) is 5.20. The molecule has 1 N–H and O–H groups in total. The molecule has 0 bridgehead atoms. The van der Waals surface area contributed by atoms with Gasteiger partial charge in [-0.2, -0.15) is 0 Å². The van der Waals surface area contributed by atoms with Crippen LogP contribution in [0.1, 0.15) is 44.0 Å². The minimum absolute atomic E-state index is 0.333. The van der Waals surface area contributed by atoms with Crippen LogP contribution in [0.4, 0.5) is 0 Å². The van der Waals surface area contributed by atoms with Crippen molar-refractivity contribution < 1.29 is 0 Å². The molecule has 2 nitrogen and oxygen atoms in total. The SMILES string of the molecule is CNC(C)c1c(Br)c2cc(C(C)C)ccc2n1C. The van der Waals surface area contributed by atoms with Gasteiger partial charge in [0, 0.05) is 34.2 Å². The van der Waals surface area contributed by atoms with Gasteiger partial charge in [-0.3, -0.25) is 0 Å². The zero-order valence-corrected chi connectivity index (χ0v) is 13.3. The quantitative estimate of drug-likeness (QED) is 0.892. The average molecular weight is 309 g/mol. The van der Waals surface area contributed by atoms with Crippen LogP contribution in [0.3, 0.4) is 0 Å². The van der Waals surface area contributed by atoms with E-state index >= 15 is 0 Å². The molecular formula is C15H21BrN2. The Morgan fingerprint density at radius 2 is 1.89 bits per heavy atom. The lowest BCUT2D eigenvalue weighted by atomic mass is 10.0. The molecule has 0 amide bonds. The standard InChI is InChI=1S/C15H21BrN2/c1-9(2)11-6-7-13-12(8-11)14(16)15(18(13)5)10(3)17-4/h6-10,17H,1-5H3. The molecule has 18 heavy (non-hydrogen) atoms. The molecule has 0 radical (unpaired) electrons. The van der Waals surface area contributed by atoms with Gasteiger partial charge in [-0.15, -0.1) is 0 Å². The smallest absolute Gasteiger partial charge is 0.0496 e. The van der Waals surface area contributed by atoms with E-state index in [2.05, 4.69) is 71.8 Å². The Morgan fingerprint density at radius 1 is 1.22 bits per heavy atom. The van der Waals surface area contributed by atoms with Crippen molar-refractivity contribution in [3.63, 3.8) is 0 Å². The molecule has 2 aromatic rings. The fraction of sp³-hybridized carbons (Fsp3) is 0.467. The van der Waals surface area contributed by atoms with Crippen molar-refractivity contribution in [1.29, 1.82) is 0 Å². The summed E-state index contributed by atoms with van der Waals surface area (Å²) in [6.07, 6.45) is 0. The summed E-state index contributed by atoms with van der Waals surface area (Å²) in [5, 5.41) is 4.62. The predicted octanol–water partition coefficient (Wildman–Crippen LogP) is 4.34. The number of hydrogen-bond donors (Lipinski definition) is 1. The summed E-state index contributed by atoms with van der Waals surface area (Å²) in [5.41, 5.74) is 3.97. The Kier molecular flexibility index (Phi) is 3.83. The predicted molar refractivity (Wildman–Crippen MR) is 82.2 cm³/mol. The Bertz CT molecular complexity index is 569. The van der Waals surface area contributed by atoms with Crippen LogP contribution < -0.4 is 5.32 Å². The Morgan fingerprint density at radius 3 is 2.44 bits per heavy atom. The molecule has 3 heteroatoms. The van der Waals surface area contributed by atoms with Crippen LogP contribution in [0.15, 0.2) is 22.7 Å². The maximum atomic E-state index is 3.77. The molecule has 2 rings (SSSR count). The third-order valence-electron chi connectivity index (χ3n) is 3.71. The lowest BCUT2D eigenvalue weighted by Gasteiger charge is -2.12. The molecule has 0 fully saturated rings. The van der Waals surface area contributed by atoms with Gasteiger partial charge in [-0.25, -0.2) is 0 Å². The maximum Gasteiger partial charge on any atom is 0.0496 e. The minimum Gasteiger partial charge on any atom is -0.345 e. The Hall–Kier alpha value is -0.800. The van der Waals surface area contributed by atoms with E-state index in [-0.39, 0.29) is 0 Å². The molecule has 1 aromatic heterocycles. The van der Waals surface area contributed by atoms with Crippen LogP contribution in [-0.4, -0.2) is 11.6 Å². The molecule has 1 unspecified atom stereocenters. The summed E-state index contributed by atoms with van der Waals surface area (Å²) >= 11 is 3.77. The third kappa shape index (κ3) is 2.10. The Balaban J connectivity index is 2.70. The first kappa shape index (κ1) is 13.6.